The zero-order valence-electron chi connectivity index (χ0n) is 32.3. The first-order chi connectivity index (χ1) is 29.8. The lowest BCUT2D eigenvalue weighted by molar-refractivity contribution is 1.07. The molecule has 5 heteroatoms. The molecule has 0 amide bonds. The Hall–Kier alpha value is -7.73. The maximum atomic E-state index is 5.35. The summed E-state index contributed by atoms with van der Waals surface area (Å²) in [5, 5.41) is 7.21. The minimum atomic E-state index is 0.621. The van der Waals surface area contributed by atoms with Crippen LogP contribution in [0, 0.1) is 0 Å². The first-order valence-corrected chi connectivity index (χ1v) is 21.0. The van der Waals surface area contributed by atoms with Crippen molar-refractivity contribution in [2.45, 2.75) is 0 Å². The fourth-order valence-electron chi connectivity index (χ4n) is 8.93. The second-order valence-electron chi connectivity index (χ2n) is 15.1. The van der Waals surface area contributed by atoms with Crippen LogP contribution in [0.15, 0.2) is 206 Å². The molecule has 0 aliphatic heterocycles. The fourth-order valence-corrected chi connectivity index (χ4v) is 10.2. The van der Waals surface area contributed by atoms with Crippen molar-refractivity contribution in [1.29, 1.82) is 0 Å². The van der Waals surface area contributed by atoms with Crippen molar-refractivity contribution in [3.8, 4) is 62.1 Å². The van der Waals surface area contributed by atoms with E-state index in [2.05, 4.69) is 193 Å². The van der Waals surface area contributed by atoms with Gasteiger partial charge in [0.05, 0.1) is 16.7 Å². The van der Waals surface area contributed by atoms with E-state index in [1.54, 1.807) is 0 Å². The molecule has 0 aliphatic carbocycles. The van der Waals surface area contributed by atoms with Crippen LogP contribution in [-0.2, 0) is 0 Å². The van der Waals surface area contributed by atoms with E-state index in [0.29, 0.717) is 17.5 Å². The predicted octanol–water partition coefficient (Wildman–Crippen LogP) is 14.8. The highest BCUT2D eigenvalue weighted by molar-refractivity contribution is 7.26. The Kier molecular flexibility index (Phi) is 8.00. The smallest absolute Gasteiger partial charge is 0.164 e. The van der Waals surface area contributed by atoms with Crippen molar-refractivity contribution in [2.24, 2.45) is 0 Å². The molecule has 9 aromatic carbocycles. The van der Waals surface area contributed by atoms with Crippen molar-refractivity contribution < 1.29 is 0 Å². The van der Waals surface area contributed by atoms with Gasteiger partial charge in [0.2, 0.25) is 0 Å². The molecule has 0 unspecified atom stereocenters. The molecule has 0 spiro atoms. The minimum absolute atomic E-state index is 0.621. The molecule has 0 bridgehead atoms. The SMILES string of the molecule is c1ccc(-c2nc(-c3ccc(-c4cccc5c4sc4ccccc45)cc3)nc(-c3cc(-n4c5ccccc5c5ccccc54)c(-c4ccccc4)c4ccccc34)n2)cc1. The van der Waals surface area contributed by atoms with Gasteiger partial charge >= 0.3 is 0 Å². The third-order valence-corrected chi connectivity index (χ3v) is 12.9. The molecule has 4 nitrogen and oxygen atoms in total. The average molecular weight is 783 g/mol. The minimum Gasteiger partial charge on any atom is -0.309 e. The van der Waals surface area contributed by atoms with E-state index in [1.807, 2.05) is 29.5 Å². The molecule has 3 heterocycles. The lowest BCUT2D eigenvalue weighted by Gasteiger charge is -2.20. The Bertz CT molecular complexity index is 3530. The highest BCUT2D eigenvalue weighted by Gasteiger charge is 2.22. The number of hydrogen-bond donors (Lipinski definition) is 0. The zero-order chi connectivity index (χ0) is 39.6. The van der Waals surface area contributed by atoms with Crippen LogP contribution < -0.4 is 0 Å². The maximum absolute atomic E-state index is 5.35. The second kappa shape index (κ2) is 14.0. The number of aromatic nitrogens is 4. The summed E-state index contributed by atoms with van der Waals surface area (Å²) in [5.41, 5.74) is 10.8. The standard InChI is InChI=1S/C55H34N4S/c1-3-16-36(17-4-1)51-44-24-8-7-20-40(44)46(34-49(51)59-47-27-12-9-21-41(47)42-22-10-13-28-48(42)59)55-57-53(37-18-5-2-6-19-37)56-54(58-55)38-32-30-35(31-33-38)39-25-15-26-45-43-23-11-14-29-50(43)60-52(39)45/h1-34H. The molecule has 280 valence electrons. The molecular weight excluding hydrogens is 749 g/mol. The summed E-state index contributed by atoms with van der Waals surface area (Å²) in [6.45, 7) is 0. The van der Waals surface area contributed by atoms with Crippen LogP contribution in [-0.4, -0.2) is 19.5 Å². The van der Waals surface area contributed by atoms with Crippen LogP contribution in [0.5, 0.6) is 0 Å². The van der Waals surface area contributed by atoms with E-state index in [4.69, 9.17) is 15.0 Å². The van der Waals surface area contributed by atoms with Crippen LogP contribution in [0.25, 0.3) is 115 Å². The van der Waals surface area contributed by atoms with E-state index >= 15 is 0 Å². The Morgan fingerprint density at radius 1 is 0.333 bits per heavy atom. The molecule has 0 saturated carbocycles. The summed E-state index contributed by atoms with van der Waals surface area (Å²) in [6, 6.07) is 73.3. The Morgan fingerprint density at radius 2 is 0.833 bits per heavy atom. The van der Waals surface area contributed by atoms with Crippen LogP contribution in [0.1, 0.15) is 0 Å². The van der Waals surface area contributed by atoms with Gasteiger partial charge in [-0.3, -0.25) is 0 Å². The van der Waals surface area contributed by atoms with E-state index in [1.165, 1.54) is 36.5 Å². The van der Waals surface area contributed by atoms with Gasteiger partial charge in [-0.05, 0) is 51.7 Å². The summed E-state index contributed by atoms with van der Waals surface area (Å²) in [5.74, 6) is 1.88. The number of hydrogen-bond acceptors (Lipinski definition) is 4. The Labute approximate surface area is 350 Å². The largest absolute Gasteiger partial charge is 0.309 e. The summed E-state index contributed by atoms with van der Waals surface area (Å²) in [7, 11) is 0. The molecule has 12 rings (SSSR count). The number of thiophene rings is 1. The van der Waals surface area contributed by atoms with Crippen molar-refractivity contribution in [3.63, 3.8) is 0 Å². The van der Waals surface area contributed by atoms with E-state index in [-0.39, 0.29) is 0 Å². The van der Waals surface area contributed by atoms with Crippen LogP contribution in [0.4, 0.5) is 0 Å². The van der Waals surface area contributed by atoms with Crippen LogP contribution >= 0.6 is 11.3 Å². The van der Waals surface area contributed by atoms with Gasteiger partial charge in [0.15, 0.2) is 17.5 Å². The first-order valence-electron chi connectivity index (χ1n) is 20.2. The number of fused-ring (bicyclic) bond motifs is 7. The van der Waals surface area contributed by atoms with Crippen molar-refractivity contribution in [3.05, 3.63) is 206 Å². The summed E-state index contributed by atoms with van der Waals surface area (Å²) in [6.07, 6.45) is 0. The van der Waals surface area contributed by atoms with E-state index in [9.17, 15) is 0 Å². The molecule has 60 heavy (non-hydrogen) atoms. The van der Waals surface area contributed by atoms with Crippen molar-refractivity contribution in [1.82, 2.24) is 19.5 Å². The quantitative estimate of drug-likeness (QED) is 0.169. The van der Waals surface area contributed by atoms with Gasteiger partial charge in [-0.2, -0.15) is 0 Å². The van der Waals surface area contributed by atoms with Gasteiger partial charge in [-0.15, -0.1) is 11.3 Å². The van der Waals surface area contributed by atoms with Crippen molar-refractivity contribution >= 4 is 64.1 Å². The average Bonchev–Trinajstić information content (AvgIpc) is 3.88. The number of para-hydroxylation sites is 2. The summed E-state index contributed by atoms with van der Waals surface area (Å²) in [4.78, 5) is 15.8. The van der Waals surface area contributed by atoms with Gasteiger partial charge in [-0.25, -0.2) is 15.0 Å². The lowest BCUT2D eigenvalue weighted by Crippen LogP contribution is -2.03. The molecule has 12 aromatic rings. The summed E-state index contributed by atoms with van der Waals surface area (Å²) >= 11 is 1.85. The molecule has 3 aromatic heterocycles. The topological polar surface area (TPSA) is 43.6 Å². The second-order valence-corrected chi connectivity index (χ2v) is 16.2. The zero-order valence-corrected chi connectivity index (χ0v) is 33.1. The highest BCUT2D eigenvalue weighted by Crippen LogP contribution is 2.44. The Balaban J connectivity index is 1.09. The van der Waals surface area contributed by atoms with E-state index in [0.717, 1.165) is 60.9 Å². The fraction of sp³-hybridized carbons (Fsp3) is 0. The molecule has 0 atom stereocenters. The molecule has 0 aliphatic rings. The molecule has 0 N–H and O–H groups in total. The van der Waals surface area contributed by atoms with Crippen LogP contribution in [0.2, 0.25) is 0 Å². The van der Waals surface area contributed by atoms with Gasteiger partial charge in [0, 0.05) is 53.2 Å². The third-order valence-electron chi connectivity index (χ3n) is 11.7. The monoisotopic (exact) mass is 782 g/mol. The van der Waals surface area contributed by atoms with Gasteiger partial charge in [0.25, 0.3) is 0 Å². The highest BCUT2D eigenvalue weighted by atomic mass is 32.1. The predicted molar refractivity (Wildman–Crippen MR) is 252 cm³/mol. The molecule has 0 saturated heterocycles. The van der Waals surface area contributed by atoms with Gasteiger partial charge in [0.1, 0.15) is 0 Å². The van der Waals surface area contributed by atoms with Crippen molar-refractivity contribution in [2.75, 3.05) is 0 Å². The lowest BCUT2D eigenvalue weighted by atomic mass is 9.92. The van der Waals surface area contributed by atoms with Gasteiger partial charge < -0.3 is 4.57 Å². The third kappa shape index (κ3) is 5.55. The van der Waals surface area contributed by atoms with Crippen LogP contribution in [0.3, 0.4) is 0 Å². The summed E-state index contributed by atoms with van der Waals surface area (Å²) < 4.78 is 5.01. The molecule has 0 radical (unpaired) electrons. The molecular formula is C55H34N4S. The number of nitrogens with zero attached hydrogens (tertiary/aromatic N) is 4. The van der Waals surface area contributed by atoms with Gasteiger partial charge in [-0.1, -0.05) is 182 Å². The van der Waals surface area contributed by atoms with E-state index < -0.39 is 0 Å². The first kappa shape index (κ1) is 34.3. The maximum Gasteiger partial charge on any atom is 0.164 e. The number of benzene rings is 9. The Morgan fingerprint density at radius 3 is 1.52 bits per heavy atom. The normalized spacial score (nSPS) is 11.7. The molecule has 0 fully saturated rings. The number of rotatable bonds is 6.